The van der Waals surface area contributed by atoms with Crippen LogP contribution in [0, 0.1) is 0 Å². The van der Waals surface area contributed by atoms with Gasteiger partial charge < -0.3 is 9.52 Å². The standard InChI is InChI=1S/C13H10N4O3/c18-13(19)10-6-7-20-11(10)8-17-15-12(14-16-17)9-4-2-1-3-5-9/h1-7H,8H2,(H,18,19). The third kappa shape index (κ3) is 2.28. The molecule has 7 nitrogen and oxygen atoms in total. The van der Waals surface area contributed by atoms with Gasteiger partial charge in [-0.1, -0.05) is 30.3 Å². The molecule has 20 heavy (non-hydrogen) atoms. The van der Waals surface area contributed by atoms with Crippen molar-refractivity contribution in [1.29, 1.82) is 0 Å². The van der Waals surface area contributed by atoms with E-state index in [4.69, 9.17) is 9.52 Å². The Kier molecular flexibility index (Phi) is 3.00. The van der Waals surface area contributed by atoms with Crippen molar-refractivity contribution in [1.82, 2.24) is 20.2 Å². The number of aromatic carboxylic acids is 1. The van der Waals surface area contributed by atoms with Gasteiger partial charge in [0.25, 0.3) is 0 Å². The molecule has 0 bridgehead atoms. The van der Waals surface area contributed by atoms with Crippen LogP contribution in [-0.2, 0) is 6.54 Å². The van der Waals surface area contributed by atoms with E-state index in [0.717, 1.165) is 5.56 Å². The largest absolute Gasteiger partial charge is 0.478 e. The highest BCUT2D eigenvalue weighted by atomic mass is 16.4. The van der Waals surface area contributed by atoms with Crippen LogP contribution in [0.15, 0.2) is 47.1 Å². The average Bonchev–Trinajstić information content (AvgIpc) is 3.09. The van der Waals surface area contributed by atoms with Crippen molar-refractivity contribution < 1.29 is 14.3 Å². The Bertz CT molecular complexity index is 733. The van der Waals surface area contributed by atoms with Gasteiger partial charge in [0.1, 0.15) is 17.9 Å². The van der Waals surface area contributed by atoms with Crippen molar-refractivity contribution in [2.75, 3.05) is 0 Å². The molecular weight excluding hydrogens is 260 g/mol. The highest BCUT2D eigenvalue weighted by Crippen LogP contribution is 2.14. The maximum atomic E-state index is 11.0. The Morgan fingerprint density at radius 1 is 1.25 bits per heavy atom. The zero-order valence-electron chi connectivity index (χ0n) is 10.3. The minimum Gasteiger partial charge on any atom is -0.478 e. The van der Waals surface area contributed by atoms with Crippen LogP contribution in [0.2, 0.25) is 0 Å². The molecule has 0 amide bonds. The molecule has 100 valence electrons. The van der Waals surface area contributed by atoms with Gasteiger partial charge in [0.15, 0.2) is 0 Å². The lowest BCUT2D eigenvalue weighted by Gasteiger charge is -1.97. The zero-order valence-corrected chi connectivity index (χ0v) is 10.3. The first-order chi connectivity index (χ1) is 9.74. The van der Waals surface area contributed by atoms with Crippen LogP contribution in [0.5, 0.6) is 0 Å². The van der Waals surface area contributed by atoms with E-state index in [-0.39, 0.29) is 17.9 Å². The van der Waals surface area contributed by atoms with E-state index in [1.165, 1.54) is 17.1 Å². The Labute approximate surface area is 113 Å². The highest BCUT2D eigenvalue weighted by Gasteiger charge is 2.15. The molecule has 0 aliphatic rings. The number of aromatic nitrogens is 4. The van der Waals surface area contributed by atoms with Crippen LogP contribution in [-0.4, -0.2) is 31.3 Å². The maximum Gasteiger partial charge on any atom is 0.339 e. The lowest BCUT2D eigenvalue weighted by molar-refractivity contribution is 0.0694. The van der Waals surface area contributed by atoms with Crippen molar-refractivity contribution >= 4 is 5.97 Å². The van der Waals surface area contributed by atoms with Gasteiger partial charge in [0, 0.05) is 5.56 Å². The molecule has 0 fully saturated rings. The predicted octanol–water partition coefficient (Wildman–Crippen LogP) is 1.68. The number of furan rings is 1. The maximum absolute atomic E-state index is 11.0. The number of benzene rings is 1. The van der Waals surface area contributed by atoms with E-state index in [1.54, 1.807) is 0 Å². The van der Waals surface area contributed by atoms with Gasteiger partial charge in [-0.2, -0.15) is 4.80 Å². The molecule has 3 rings (SSSR count). The quantitative estimate of drug-likeness (QED) is 0.775. The number of hydrogen-bond donors (Lipinski definition) is 1. The van der Waals surface area contributed by atoms with Crippen LogP contribution in [0.25, 0.3) is 11.4 Å². The Morgan fingerprint density at radius 3 is 2.80 bits per heavy atom. The summed E-state index contributed by atoms with van der Waals surface area (Å²) in [6.45, 7) is 0.120. The molecule has 0 aliphatic carbocycles. The zero-order chi connectivity index (χ0) is 13.9. The number of carboxylic acids is 1. The monoisotopic (exact) mass is 270 g/mol. The van der Waals surface area contributed by atoms with Crippen LogP contribution < -0.4 is 0 Å². The van der Waals surface area contributed by atoms with Crippen molar-refractivity contribution in [3.63, 3.8) is 0 Å². The van der Waals surface area contributed by atoms with Crippen LogP contribution in [0.3, 0.4) is 0 Å². The second kappa shape index (κ2) is 4.96. The lowest BCUT2D eigenvalue weighted by Crippen LogP contribution is -2.07. The Morgan fingerprint density at radius 2 is 2.05 bits per heavy atom. The van der Waals surface area contributed by atoms with Crippen LogP contribution in [0.1, 0.15) is 16.1 Å². The van der Waals surface area contributed by atoms with Gasteiger partial charge in [0.2, 0.25) is 5.82 Å². The molecule has 0 aliphatic heterocycles. The summed E-state index contributed by atoms with van der Waals surface area (Å²) in [6.07, 6.45) is 1.33. The Balaban J connectivity index is 1.84. The fourth-order valence-electron chi connectivity index (χ4n) is 1.80. The molecule has 3 aromatic rings. The minimum absolute atomic E-state index is 0.101. The molecule has 0 saturated heterocycles. The number of nitrogens with zero attached hydrogens (tertiary/aromatic N) is 4. The third-order valence-electron chi connectivity index (χ3n) is 2.75. The van der Waals surface area contributed by atoms with Crippen molar-refractivity contribution in [3.05, 3.63) is 54.0 Å². The van der Waals surface area contributed by atoms with E-state index in [0.29, 0.717) is 5.82 Å². The number of hydrogen-bond acceptors (Lipinski definition) is 5. The Hall–Kier alpha value is -2.96. The van der Waals surface area contributed by atoms with Gasteiger partial charge in [-0.05, 0) is 11.3 Å². The molecule has 0 atom stereocenters. The van der Waals surface area contributed by atoms with Crippen molar-refractivity contribution in [2.24, 2.45) is 0 Å². The molecule has 0 unspecified atom stereocenters. The average molecular weight is 270 g/mol. The smallest absolute Gasteiger partial charge is 0.339 e. The van der Waals surface area contributed by atoms with Gasteiger partial charge in [0.05, 0.1) is 6.26 Å². The van der Waals surface area contributed by atoms with Crippen molar-refractivity contribution in [2.45, 2.75) is 6.54 Å². The summed E-state index contributed by atoms with van der Waals surface area (Å²) in [5, 5.41) is 21.0. The van der Waals surface area contributed by atoms with Gasteiger partial charge in [-0.15, -0.1) is 10.2 Å². The second-order valence-electron chi connectivity index (χ2n) is 4.07. The third-order valence-corrected chi connectivity index (χ3v) is 2.75. The number of rotatable bonds is 4. The molecule has 2 heterocycles. The summed E-state index contributed by atoms with van der Waals surface area (Å²) in [6, 6.07) is 10.8. The molecule has 0 spiro atoms. The number of tetrazole rings is 1. The molecular formula is C13H10N4O3. The highest BCUT2D eigenvalue weighted by molar-refractivity contribution is 5.88. The van der Waals surface area contributed by atoms with Gasteiger partial charge in [-0.25, -0.2) is 4.79 Å². The van der Waals surface area contributed by atoms with E-state index in [2.05, 4.69) is 15.4 Å². The van der Waals surface area contributed by atoms with E-state index in [1.807, 2.05) is 30.3 Å². The van der Waals surface area contributed by atoms with Crippen LogP contribution >= 0.6 is 0 Å². The minimum atomic E-state index is -1.04. The van der Waals surface area contributed by atoms with Gasteiger partial charge >= 0.3 is 5.97 Å². The van der Waals surface area contributed by atoms with E-state index < -0.39 is 5.97 Å². The fraction of sp³-hybridized carbons (Fsp3) is 0.0769. The van der Waals surface area contributed by atoms with Crippen molar-refractivity contribution in [3.8, 4) is 11.4 Å². The summed E-state index contributed by atoms with van der Waals surface area (Å²) < 4.78 is 5.14. The molecule has 1 N–H and O–H groups in total. The SMILES string of the molecule is O=C(O)c1ccoc1Cn1nnc(-c2ccccc2)n1. The molecule has 0 radical (unpaired) electrons. The number of carbonyl (C=O) groups is 1. The summed E-state index contributed by atoms with van der Waals surface area (Å²) in [5.41, 5.74) is 0.945. The molecule has 1 aromatic carbocycles. The molecule has 0 saturated carbocycles. The second-order valence-corrected chi connectivity index (χ2v) is 4.07. The summed E-state index contributed by atoms with van der Waals surface area (Å²) in [7, 11) is 0. The van der Waals surface area contributed by atoms with E-state index >= 15 is 0 Å². The molecule has 7 heteroatoms. The topological polar surface area (TPSA) is 94.0 Å². The normalized spacial score (nSPS) is 10.6. The summed E-state index contributed by atoms with van der Waals surface area (Å²) >= 11 is 0. The van der Waals surface area contributed by atoms with Gasteiger partial charge in [-0.3, -0.25) is 0 Å². The predicted molar refractivity (Wildman–Crippen MR) is 68.0 cm³/mol. The first-order valence-electron chi connectivity index (χ1n) is 5.87. The van der Waals surface area contributed by atoms with E-state index in [9.17, 15) is 4.79 Å². The first-order valence-corrected chi connectivity index (χ1v) is 5.87. The van der Waals surface area contributed by atoms with Crippen LogP contribution in [0.4, 0.5) is 0 Å². The molecule has 2 aromatic heterocycles. The number of carboxylic acid groups (broad SMARTS) is 1. The fourth-order valence-corrected chi connectivity index (χ4v) is 1.80. The summed E-state index contributed by atoms with van der Waals surface area (Å²) in [4.78, 5) is 12.3. The first kappa shape index (κ1) is 12.1. The lowest BCUT2D eigenvalue weighted by atomic mass is 10.2. The summed E-state index contributed by atoms with van der Waals surface area (Å²) in [5.74, 6) is -0.277.